The van der Waals surface area contributed by atoms with Crippen LogP contribution in [-0.4, -0.2) is 27.3 Å². The smallest absolute Gasteiger partial charge is 0.118 e. The summed E-state index contributed by atoms with van der Waals surface area (Å²) in [7, 11) is -3.60. The van der Waals surface area contributed by atoms with Crippen molar-refractivity contribution in [2.75, 3.05) is 6.61 Å². The van der Waals surface area contributed by atoms with E-state index in [9.17, 15) is 0 Å². The molecule has 0 bridgehead atoms. The van der Waals surface area contributed by atoms with Crippen LogP contribution in [0.15, 0.2) is 73.0 Å². The highest BCUT2D eigenvalue weighted by atomic mass is 28.3. The molecule has 0 amide bonds. The van der Waals surface area contributed by atoms with Crippen LogP contribution in [0, 0.1) is 6.92 Å². The van der Waals surface area contributed by atoms with Gasteiger partial charge in [-0.25, -0.2) is 0 Å². The lowest BCUT2D eigenvalue weighted by atomic mass is 10.2. The minimum absolute atomic E-state index is 0.430. The number of aryl methyl sites for hydroxylation is 1. The van der Waals surface area contributed by atoms with Gasteiger partial charge in [-0.15, -0.1) is 0 Å². The number of hydrogen-bond donors (Lipinski definition) is 0. The van der Waals surface area contributed by atoms with Crippen LogP contribution in [0.3, 0.4) is 0 Å². The fraction of sp³-hybridized carbons (Fsp3) is 0.310. The summed E-state index contributed by atoms with van der Waals surface area (Å²) in [6, 6.07) is 17.8. The number of aromatic nitrogens is 1. The number of fused-ring (bicyclic) bond motifs is 1. The third-order valence-corrected chi connectivity index (χ3v) is 12.9. The van der Waals surface area contributed by atoms with E-state index >= 15 is 0 Å². The average Bonchev–Trinajstić information content (AvgIpc) is 3.29. The normalized spacial score (nSPS) is 15.8. The van der Waals surface area contributed by atoms with E-state index < -0.39 is 16.1 Å². The maximum Gasteiger partial charge on any atom is 0.118 e. The van der Waals surface area contributed by atoms with Gasteiger partial charge in [0.05, 0.1) is 16.1 Å². The topological polar surface area (TPSA) is 14.2 Å². The van der Waals surface area contributed by atoms with Gasteiger partial charge in [-0.05, 0) is 54.1 Å². The Labute approximate surface area is 201 Å². The first-order valence-corrected chi connectivity index (χ1v) is 18.5. The van der Waals surface area contributed by atoms with Crippen molar-refractivity contribution in [3.8, 4) is 11.4 Å². The molecule has 3 aromatic rings. The Hall–Kier alpha value is -2.57. The van der Waals surface area contributed by atoms with Gasteiger partial charge in [0.1, 0.15) is 12.4 Å². The summed E-state index contributed by atoms with van der Waals surface area (Å²) in [4.78, 5) is 0. The maximum atomic E-state index is 6.47. The van der Waals surface area contributed by atoms with Crippen molar-refractivity contribution >= 4 is 32.6 Å². The van der Waals surface area contributed by atoms with Crippen LogP contribution in [0.25, 0.3) is 11.8 Å². The molecule has 0 radical (unpaired) electrons. The number of rotatable bonds is 7. The molecule has 0 saturated carbocycles. The molecule has 0 spiro atoms. The second-order valence-electron chi connectivity index (χ2n) is 10.9. The molecule has 1 aliphatic rings. The van der Waals surface area contributed by atoms with Crippen LogP contribution >= 0.6 is 0 Å². The molecule has 0 saturated heterocycles. The third-order valence-electron chi connectivity index (χ3n) is 6.93. The molecule has 1 unspecified atom stereocenters. The summed E-state index contributed by atoms with van der Waals surface area (Å²) in [5, 5.41) is 2.88. The minimum Gasteiger partial charge on any atom is -0.490 e. The highest BCUT2D eigenvalue weighted by Crippen LogP contribution is 2.44. The molecule has 2 aromatic carbocycles. The summed E-state index contributed by atoms with van der Waals surface area (Å²) in [6.07, 6.45) is 6.51. The molecule has 0 N–H and O–H groups in total. The monoisotopic (exact) mass is 471 g/mol. The molecule has 0 fully saturated rings. The van der Waals surface area contributed by atoms with Gasteiger partial charge < -0.3 is 9.30 Å². The van der Waals surface area contributed by atoms with E-state index in [1.165, 1.54) is 38.5 Å². The molecule has 1 aliphatic carbocycles. The van der Waals surface area contributed by atoms with Crippen LogP contribution in [0.4, 0.5) is 0 Å². The van der Waals surface area contributed by atoms with Crippen molar-refractivity contribution in [1.82, 2.24) is 4.57 Å². The van der Waals surface area contributed by atoms with E-state index in [4.69, 9.17) is 4.74 Å². The fourth-order valence-corrected chi connectivity index (χ4v) is 11.1. The molecule has 4 heteroatoms. The molecule has 4 rings (SSSR count). The summed E-state index contributed by atoms with van der Waals surface area (Å²) in [6.45, 7) is 21.3. The molecule has 1 atom stereocenters. The lowest BCUT2D eigenvalue weighted by Gasteiger charge is -2.35. The van der Waals surface area contributed by atoms with Crippen LogP contribution in [0.5, 0.6) is 5.75 Å². The SMILES string of the molecule is C=CCOc1c([Si](C)(C)C)cc(C)cc1[Si](C)(C)C1C(C)=Cc2c1ccn2-c1ccccc1. The van der Waals surface area contributed by atoms with E-state index in [0.29, 0.717) is 12.1 Å². The van der Waals surface area contributed by atoms with Crippen LogP contribution in [0.2, 0.25) is 32.7 Å². The summed E-state index contributed by atoms with van der Waals surface area (Å²) in [5.41, 5.74) is 7.24. The van der Waals surface area contributed by atoms with Crippen molar-refractivity contribution in [3.05, 3.63) is 89.8 Å². The molecule has 0 aliphatic heterocycles. The lowest BCUT2D eigenvalue weighted by molar-refractivity contribution is 0.368. The number of nitrogens with zero attached hydrogens (tertiary/aromatic N) is 1. The Morgan fingerprint density at radius 3 is 2.27 bits per heavy atom. The van der Waals surface area contributed by atoms with E-state index in [1.807, 2.05) is 6.08 Å². The number of hydrogen-bond acceptors (Lipinski definition) is 1. The zero-order valence-electron chi connectivity index (χ0n) is 21.2. The number of ether oxygens (including phenoxy) is 1. The second kappa shape index (κ2) is 8.66. The van der Waals surface area contributed by atoms with Gasteiger partial charge in [0.15, 0.2) is 0 Å². The molecular weight excluding hydrogens is 434 g/mol. The van der Waals surface area contributed by atoms with Gasteiger partial charge in [-0.3, -0.25) is 0 Å². The predicted molar refractivity (Wildman–Crippen MR) is 149 cm³/mol. The first kappa shape index (κ1) is 23.6. The van der Waals surface area contributed by atoms with Crippen LogP contribution in [0.1, 0.15) is 29.3 Å². The van der Waals surface area contributed by atoms with Crippen molar-refractivity contribution in [2.45, 2.75) is 52.1 Å². The van der Waals surface area contributed by atoms with E-state index in [0.717, 1.165) is 5.75 Å². The van der Waals surface area contributed by atoms with Crippen molar-refractivity contribution < 1.29 is 4.74 Å². The summed E-state index contributed by atoms with van der Waals surface area (Å²) >= 11 is 0. The molecule has 1 heterocycles. The third kappa shape index (κ3) is 4.22. The van der Waals surface area contributed by atoms with Crippen molar-refractivity contribution in [2.24, 2.45) is 0 Å². The zero-order valence-corrected chi connectivity index (χ0v) is 23.2. The van der Waals surface area contributed by atoms with Crippen LogP contribution < -0.4 is 15.1 Å². The average molecular weight is 472 g/mol. The van der Waals surface area contributed by atoms with E-state index in [2.05, 4.69) is 119 Å². The predicted octanol–water partition coefficient (Wildman–Crippen LogP) is 6.55. The standard InChI is InChI=1S/C29H37NOSi2/c1-9-17-31-28-26(32(4,5)6)18-21(2)19-27(28)33(7,8)29-22(3)20-25-24(29)15-16-30(25)23-13-11-10-12-14-23/h9-16,18-20,29H,1,17H2,2-8H3. The number of allylic oxidation sites excluding steroid dienone is 1. The van der Waals surface area contributed by atoms with Crippen molar-refractivity contribution in [3.63, 3.8) is 0 Å². The molecule has 33 heavy (non-hydrogen) atoms. The van der Waals surface area contributed by atoms with Crippen LogP contribution in [-0.2, 0) is 0 Å². The van der Waals surface area contributed by atoms with Gasteiger partial charge in [-0.1, -0.05) is 86.9 Å². The second-order valence-corrected chi connectivity index (χ2v) is 20.5. The first-order chi connectivity index (χ1) is 15.6. The summed E-state index contributed by atoms with van der Waals surface area (Å²) in [5.74, 6) is 1.14. The first-order valence-electron chi connectivity index (χ1n) is 11.9. The van der Waals surface area contributed by atoms with Gasteiger partial charge >= 0.3 is 0 Å². The van der Waals surface area contributed by atoms with Gasteiger partial charge in [-0.2, -0.15) is 0 Å². The van der Waals surface area contributed by atoms with Crippen molar-refractivity contribution in [1.29, 1.82) is 0 Å². The lowest BCUT2D eigenvalue weighted by Crippen LogP contribution is -2.52. The molecule has 2 nitrogen and oxygen atoms in total. The number of para-hydroxylation sites is 1. The largest absolute Gasteiger partial charge is 0.490 e. The Morgan fingerprint density at radius 1 is 0.970 bits per heavy atom. The Kier molecular flexibility index (Phi) is 6.19. The van der Waals surface area contributed by atoms with E-state index in [-0.39, 0.29) is 0 Å². The Balaban J connectivity index is 1.87. The van der Waals surface area contributed by atoms with E-state index in [1.54, 1.807) is 0 Å². The minimum atomic E-state index is -2.00. The fourth-order valence-electron chi connectivity index (χ4n) is 5.43. The molecular formula is C29H37NOSi2. The molecule has 1 aromatic heterocycles. The highest BCUT2D eigenvalue weighted by molar-refractivity contribution is 6.94. The summed E-state index contributed by atoms with van der Waals surface area (Å²) < 4.78 is 8.80. The van der Waals surface area contributed by atoms with Gasteiger partial charge in [0.25, 0.3) is 0 Å². The zero-order chi connectivity index (χ0) is 24.0. The Morgan fingerprint density at radius 2 is 1.64 bits per heavy atom. The number of benzene rings is 2. The molecule has 172 valence electrons. The quantitative estimate of drug-likeness (QED) is 0.281. The Bertz CT molecular complexity index is 1210. The van der Waals surface area contributed by atoms with Gasteiger partial charge in [0.2, 0.25) is 0 Å². The highest BCUT2D eigenvalue weighted by Gasteiger charge is 2.43. The van der Waals surface area contributed by atoms with Gasteiger partial charge in [0, 0.05) is 23.1 Å². The maximum absolute atomic E-state index is 6.47.